The number of rotatable bonds is 3. The van der Waals surface area contributed by atoms with Gasteiger partial charge < -0.3 is 10.2 Å². The van der Waals surface area contributed by atoms with Crippen molar-refractivity contribution in [1.29, 1.82) is 5.26 Å². The zero-order valence-corrected chi connectivity index (χ0v) is 10.7. The molecule has 0 saturated carbocycles. The monoisotopic (exact) mass is 278 g/mol. The molecule has 1 unspecified atom stereocenters. The van der Waals surface area contributed by atoms with E-state index in [0.717, 1.165) is 0 Å². The molecule has 108 valence electrons. The summed E-state index contributed by atoms with van der Waals surface area (Å²) in [7, 11) is 0. The largest absolute Gasteiger partial charge is 0.405 e. The predicted octanol–water partition coefficient (Wildman–Crippen LogP) is 1.18. The summed E-state index contributed by atoms with van der Waals surface area (Å²) < 4.78 is 35.9. The highest BCUT2D eigenvalue weighted by atomic mass is 19.4. The SMILES string of the molecule is CCC(C#N)N1CCN(C(=O)NCC(F)(F)F)CC1. The number of nitrogens with zero attached hydrogens (tertiary/aromatic N) is 3. The highest BCUT2D eigenvalue weighted by Gasteiger charge is 2.30. The van der Waals surface area contributed by atoms with Crippen LogP contribution in [0.2, 0.25) is 0 Å². The molecular formula is C11H17F3N4O. The number of alkyl halides is 3. The second kappa shape index (κ2) is 6.61. The van der Waals surface area contributed by atoms with Gasteiger partial charge in [0.25, 0.3) is 0 Å². The Kier molecular flexibility index (Phi) is 5.42. The van der Waals surface area contributed by atoms with E-state index in [1.54, 1.807) is 0 Å². The van der Waals surface area contributed by atoms with Crippen LogP contribution in [0.5, 0.6) is 0 Å². The van der Waals surface area contributed by atoms with E-state index in [4.69, 9.17) is 5.26 Å². The van der Waals surface area contributed by atoms with Crippen LogP contribution in [0.3, 0.4) is 0 Å². The van der Waals surface area contributed by atoms with Gasteiger partial charge in [0.15, 0.2) is 0 Å². The van der Waals surface area contributed by atoms with Crippen LogP contribution in [0.1, 0.15) is 13.3 Å². The molecule has 1 saturated heterocycles. The number of hydrogen-bond acceptors (Lipinski definition) is 3. The molecule has 0 aliphatic carbocycles. The first kappa shape index (κ1) is 15.6. The molecule has 0 radical (unpaired) electrons. The fraction of sp³-hybridized carbons (Fsp3) is 0.818. The van der Waals surface area contributed by atoms with Gasteiger partial charge in [-0.05, 0) is 6.42 Å². The molecule has 0 aromatic carbocycles. The number of carbonyl (C=O) groups excluding carboxylic acids is 1. The number of nitriles is 1. The summed E-state index contributed by atoms with van der Waals surface area (Å²) in [6, 6.07) is 1.27. The average Bonchev–Trinajstić information content (AvgIpc) is 2.37. The summed E-state index contributed by atoms with van der Waals surface area (Å²) >= 11 is 0. The Morgan fingerprint density at radius 3 is 2.37 bits per heavy atom. The van der Waals surface area contributed by atoms with E-state index in [0.29, 0.717) is 32.6 Å². The molecule has 0 aromatic rings. The molecule has 2 amide bonds. The van der Waals surface area contributed by atoms with E-state index in [1.165, 1.54) is 4.90 Å². The molecule has 1 atom stereocenters. The number of amides is 2. The minimum atomic E-state index is -4.40. The van der Waals surface area contributed by atoms with Crippen LogP contribution in [0.15, 0.2) is 0 Å². The fourth-order valence-corrected chi connectivity index (χ4v) is 1.96. The molecule has 1 aliphatic heterocycles. The Morgan fingerprint density at radius 1 is 1.37 bits per heavy atom. The number of urea groups is 1. The van der Waals surface area contributed by atoms with Crippen molar-refractivity contribution in [2.45, 2.75) is 25.6 Å². The van der Waals surface area contributed by atoms with Gasteiger partial charge in [0.1, 0.15) is 6.54 Å². The van der Waals surface area contributed by atoms with Gasteiger partial charge in [-0.15, -0.1) is 0 Å². The van der Waals surface area contributed by atoms with Crippen molar-refractivity contribution in [1.82, 2.24) is 15.1 Å². The van der Waals surface area contributed by atoms with E-state index in [1.807, 2.05) is 17.1 Å². The number of carbonyl (C=O) groups is 1. The van der Waals surface area contributed by atoms with Crippen molar-refractivity contribution < 1.29 is 18.0 Å². The van der Waals surface area contributed by atoms with Crippen LogP contribution in [0.25, 0.3) is 0 Å². The number of hydrogen-bond donors (Lipinski definition) is 1. The van der Waals surface area contributed by atoms with Gasteiger partial charge in [0.2, 0.25) is 0 Å². The molecular weight excluding hydrogens is 261 g/mol. The molecule has 8 heteroatoms. The van der Waals surface area contributed by atoms with Crippen LogP contribution in [-0.4, -0.2) is 60.8 Å². The standard InChI is InChI=1S/C11H17F3N4O/c1-2-9(7-15)17-3-5-18(6-4-17)10(19)16-8-11(12,13)14/h9H,2-6,8H2,1H3,(H,16,19). The zero-order valence-electron chi connectivity index (χ0n) is 10.7. The van der Waals surface area contributed by atoms with E-state index >= 15 is 0 Å². The van der Waals surface area contributed by atoms with Crippen molar-refractivity contribution in [3.8, 4) is 6.07 Å². The summed E-state index contributed by atoms with van der Waals surface area (Å²) in [5.41, 5.74) is 0. The molecule has 0 aromatic heterocycles. The van der Waals surface area contributed by atoms with E-state index in [9.17, 15) is 18.0 Å². The minimum absolute atomic E-state index is 0.194. The Labute approximate surface area is 110 Å². The lowest BCUT2D eigenvalue weighted by Crippen LogP contribution is -2.54. The van der Waals surface area contributed by atoms with Gasteiger partial charge in [0.05, 0.1) is 12.1 Å². The minimum Gasteiger partial charge on any atom is -0.329 e. The zero-order chi connectivity index (χ0) is 14.5. The smallest absolute Gasteiger partial charge is 0.329 e. The molecule has 1 rings (SSSR count). The first-order valence-electron chi connectivity index (χ1n) is 6.10. The molecule has 5 nitrogen and oxygen atoms in total. The molecule has 0 spiro atoms. The number of nitrogens with one attached hydrogen (secondary N) is 1. The Morgan fingerprint density at radius 2 is 1.95 bits per heavy atom. The van der Waals surface area contributed by atoms with Crippen LogP contribution in [-0.2, 0) is 0 Å². The quantitative estimate of drug-likeness (QED) is 0.843. The Hall–Kier alpha value is -1.49. The van der Waals surface area contributed by atoms with Crippen LogP contribution in [0.4, 0.5) is 18.0 Å². The average molecular weight is 278 g/mol. The number of piperazine rings is 1. The summed E-state index contributed by atoms with van der Waals surface area (Å²) in [5.74, 6) is 0. The lowest BCUT2D eigenvalue weighted by Gasteiger charge is -2.36. The Balaban J connectivity index is 2.37. The highest BCUT2D eigenvalue weighted by Crippen LogP contribution is 2.13. The first-order valence-corrected chi connectivity index (χ1v) is 6.10. The van der Waals surface area contributed by atoms with E-state index < -0.39 is 18.8 Å². The van der Waals surface area contributed by atoms with Crippen LogP contribution < -0.4 is 5.32 Å². The third-order valence-corrected chi connectivity index (χ3v) is 3.02. The molecule has 1 fully saturated rings. The number of halogens is 3. The van der Waals surface area contributed by atoms with Gasteiger partial charge in [-0.3, -0.25) is 4.90 Å². The normalized spacial score (nSPS) is 18.8. The van der Waals surface area contributed by atoms with Crippen molar-refractivity contribution in [2.75, 3.05) is 32.7 Å². The summed E-state index contributed by atoms with van der Waals surface area (Å²) in [6.45, 7) is 2.26. The highest BCUT2D eigenvalue weighted by molar-refractivity contribution is 5.74. The summed E-state index contributed by atoms with van der Waals surface area (Å²) in [6.07, 6.45) is -3.71. The Bertz CT molecular complexity index is 345. The van der Waals surface area contributed by atoms with E-state index in [-0.39, 0.29) is 6.04 Å². The molecule has 1 N–H and O–H groups in total. The van der Waals surface area contributed by atoms with E-state index in [2.05, 4.69) is 6.07 Å². The second-order valence-electron chi connectivity index (χ2n) is 4.35. The first-order chi connectivity index (χ1) is 8.87. The van der Waals surface area contributed by atoms with Crippen LogP contribution >= 0.6 is 0 Å². The van der Waals surface area contributed by atoms with Crippen molar-refractivity contribution in [3.63, 3.8) is 0 Å². The van der Waals surface area contributed by atoms with Gasteiger partial charge in [0, 0.05) is 26.2 Å². The molecule has 19 heavy (non-hydrogen) atoms. The van der Waals surface area contributed by atoms with Gasteiger partial charge >= 0.3 is 12.2 Å². The third kappa shape index (κ3) is 4.95. The molecule has 1 heterocycles. The van der Waals surface area contributed by atoms with Crippen molar-refractivity contribution >= 4 is 6.03 Å². The van der Waals surface area contributed by atoms with Gasteiger partial charge in [-0.2, -0.15) is 18.4 Å². The van der Waals surface area contributed by atoms with Crippen LogP contribution in [0, 0.1) is 11.3 Å². The maximum absolute atomic E-state index is 12.0. The topological polar surface area (TPSA) is 59.4 Å². The maximum Gasteiger partial charge on any atom is 0.405 e. The van der Waals surface area contributed by atoms with Crippen molar-refractivity contribution in [2.24, 2.45) is 0 Å². The molecule has 1 aliphatic rings. The fourth-order valence-electron chi connectivity index (χ4n) is 1.96. The summed E-state index contributed by atoms with van der Waals surface area (Å²) in [4.78, 5) is 14.8. The predicted molar refractivity (Wildman–Crippen MR) is 62.3 cm³/mol. The lowest BCUT2D eigenvalue weighted by molar-refractivity contribution is -0.123. The molecule has 0 bridgehead atoms. The second-order valence-corrected chi connectivity index (χ2v) is 4.35. The third-order valence-electron chi connectivity index (χ3n) is 3.02. The maximum atomic E-state index is 12.0. The summed E-state index contributed by atoms with van der Waals surface area (Å²) in [5, 5.41) is 10.8. The van der Waals surface area contributed by atoms with Gasteiger partial charge in [-0.25, -0.2) is 4.79 Å². The lowest BCUT2D eigenvalue weighted by atomic mass is 10.2. The van der Waals surface area contributed by atoms with Gasteiger partial charge in [-0.1, -0.05) is 6.92 Å². The van der Waals surface area contributed by atoms with Crippen molar-refractivity contribution in [3.05, 3.63) is 0 Å².